The third-order valence-electron chi connectivity index (χ3n) is 2.75. The molecule has 0 bridgehead atoms. The van der Waals surface area contributed by atoms with Crippen LogP contribution in [0.1, 0.15) is 58.2 Å². The zero-order chi connectivity index (χ0) is 13.6. The van der Waals surface area contributed by atoms with Gasteiger partial charge in [-0.1, -0.05) is 40.2 Å². The number of hydrogen-bond acceptors (Lipinski definition) is 3. The molecule has 0 atom stereocenters. The number of nitrogens with one attached hydrogen (secondary N) is 1. The standard InChI is InChI=1S/C15H26N2S/c1-6-8-16-10-12(7-2)9-13-11-18-14(17-13)15(3,4)5/h9,11,16H,6-8,10H2,1-5H3. The summed E-state index contributed by atoms with van der Waals surface area (Å²) in [5.74, 6) is 0. The van der Waals surface area contributed by atoms with Gasteiger partial charge in [-0.2, -0.15) is 0 Å². The van der Waals surface area contributed by atoms with Crippen molar-refractivity contribution < 1.29 is 0 Å². The Morgan fingerprint density at radius 3 is 2.61 bits per heavy atom. The van der Waals surface area contributed by atoms with Crippen molar-refractivity contribution in [3.8, 4) is 0 Å². The van der Waals surface area contributed by atoms with Crippen molar-refractivity contribution in [3.63, 3.8) is 0 Å². The molecule has 0 aliphatic carbocycles. The summed E-state index contributed by atoms with van der Waals surface area (Å²) < 4.78 is 0. The molecule has 1 aromatic heterocycles. The molecule has 0 aromatic carbocycles. The maximum Gasteiger partial charge on any atom is 0.0985 e. The zero-order valence-electron chi connectivity index (χ0n) is 12.3. The van der Waals surface area contributed by atoms with Crippen LogP contribution in [0.25, 0.3) is 6.08 Å². The van der Waals surface area contributed by atoms with E-state index in [0.29, 0.717) is 0 Å². The summed E-state index contributed by atoms with van der Waals surface area (Å²) in [7, 11) is 0. The maximum absolute atomic E-state index is 4.71. The van der Waals surface area contributed by atoms with Crippen LogP contribution in [0.5, 0.6) is 0 Å². The minimum atomic E-state index is 0.156. The molecule has 1 aromatic rings. The van der Waals surface area contributed by atoms with Gasteiger partial charge in [-0.25, -0.2) is 4.98 Å². The fourth-order valence-corrected chi connectivity index (χ4v) is 2.47. The summed E-state index contributed by atoms with van der Waals surface area (Å²) in [6.07, 6.45) is 4.50. The van der Waals surface area contributed by atoms with Crippen molar-refractivity contribution in [2.45, 2.75) is 52.9 Å². The van der Waals surface area contributed by atoms with Crippen LogP contribution in [-0.4, -0.2) is 18.1 Å². The SMILES string of the molecule is CCCNCC(=Cc1csc(C(C)(C)C)n1)CC. The van der Waals surface area contributed by atoms with Crippen molar-refractivity contribution in [2.24, 2.45) is 0 Å². The Hall–Kier alpha value is -0.670. The Kier molecular flexibility index (Phi) is 6.03. The minimum Gasteiger partial charge on any atom is -0.313 e. The highest BCUT2D eigenvalue weighted by atomic mass is 32.1. The molecule has 1 heterocycles. The molecule has 0 saturated carbocycles. The van der Waals surface area contributed by atoms with Gasteiger partial charge >= 0.3 is 0 Å². The first-order valence-electron chi connectivity index (χ1n) is 6.83. The highest BCUT2D eigenvalue weighted by molar-refractivity contribution is 7.09. The van der Waals surface area contributed by atoms with Crippen LogP contribution in [0.3, 0.4) is 0 Å². The van der Waals surface area contributed by atoms with Gasteiger partial charge in [-0.05, 0) is 25.5 Å². The molecule has 0 radical (unpaired) electrons. The normalized spacial score (nSPS) is 13.1. The molecule has 0 unspecified atom stereocenters. The lowest BCUT2D eigenvalue weighted by Gasteiger charge is -2.13. The maximum atomic E-state index is 4.71. The first-order valence-corrected chi connectivity index (χ1v) is 7.71. The molecule has 102 valence electrons. The fraction of sp³-hybridized carbons (Fsp3) is 0.667. The van der Waals surface area contributed by atoms with Gasteiger partial charge in [0.05, 0.1) is 10.7 Å². The first-order chi connectivity index (χ1) is 8.47. The van der Waals surface area contributed by atoms with Crippen molar-refractivity contribution in [3.05, 3.63) is 21.7 Å². The van der Waals surface area contributed by atoms with E-state index in [9.17, 15) is 0 Å². The number of hydrogen-bond donors (Lipinski definition) is 1. The second-order valence-electron chi connectivity index (χ2n) is 5.66. The summed E-state index contributed by atoms with van der Waals surface area (Å²) in [6, 6.07) is 0. The molecule has 0 amide bonds. The molecule has 0 aliphatic rings. The Balaban J connectivity index is 2.70. The summed E-state index contributed by atoms with van der Waals surface area (Å²) in [5.41, 5.74) is 2.69. The van der Waals surface area contributed by atoms with Gasteiger partial charge in [-0.3, -0.25) is 0 Å². The summed E-state index contributed by atoms with van der Waals surface area (Å²) in [5, 5.41) is 6.83. The second-order valence-corrected chi connectivity index (χ2v) is 6.52. The summed E-state index contributed by atoms with van der Waals surface area (Å²) in [4.78, 5) is 4.71. The number of nitrogens with zero attached hydrogens (tertiary/aromatic N) is 1. The molecule has 3 heteroatoms. The van der Waals surface area contributed by atoms with E-state index in [-0.39, 0.29) is 5.41 Å². The molecular formula is C15H26N2S. The van der Waals surface area contributed by atoms with Crippen LogP contribution >= 0.6 is 11.3 Å². The summed E-state index contributed by atoms with van der Waals surface area (Å²) in [6.45, 7) is 13.1. The van der Waals surface area contributed by atoms with E-state index in [2.05, 4.69) is 51.4 Å². The van der Waals surface area contributed by atoms with Gasteiger partial charge in [0, 0.05) is 17.3 Å². The molecular weight excluding hydrogens is 240 g/mol. The molecule has 0 fully saturated rings. The predicted octanol–water partition coefficient (Wildman–Crippen LogP) is 4.23. The van der Waals surface area contributed by atoms with Gasteiger partial charge in [-0.15, -0.1) is 11.3 Å². The third kappa shape index (κ3) is 4.91. The van der Waals surface area contributed by atoms with E-state index < -0.39 is 0 Å². The van der Waals surface area contributed by atoms with Crippen LogP contribution in [0, 0.1) is 0 Å². The topological polar surface area (TPSA) is 24.9 Å². The number of rotatable bonds is 6. The quantitative estimate of drug-likeness (QED) is 0.779. The second kappa shape index (κ2) is 7.05. The molecule has 0 spiro atoms. The van der Waals surface area contributed by atoms with Gasteiger partial charge in [0.2, 0.25) is 0 Å². The Bertz CT molecular complexity index is 385. The molecule has 2 nitrogen and oxygen atoms in total. The van der Waals surface area contributed by atoms with Crippen LogP contribution in [0.2, 0.25) is 0 Å². The average molecular weight is 266 g/mol. The van der Waals surface area contributed by atoms with Crippen molar-refractivity contribution in [1.82, 2.24) is 10.3 Å². The largest absolute Gasteiger partial charge is 0.313 e. The van der Waals surface area contributed by atoms with E-state index >= 15 is 0 Å². The predicted molar refractivity (Wildman–Crippen MR) is 82.2 cm³/mol. The van der Waals surface area contributed by atoms with Crippen LogP contribution in [-0.2, 0) is 5.41 Å². The van der Waals surface area contributed by atoms with E-state index in [1.165, 1.54) is 17.0 Å². The van der Waals surface area contributed by atoms with Crippen molar-refractivity contribution in [1.29, 1.82) is 0 Å². The molecule has 0 aliphatic heterocycles. The van der Waals surface area contributed by atoms with Gasteiger partial charge in [0.25, 0.3) is 0 Å². The Morgan fingerprint density at radius 1 is 1.39 bits per heavy atom. The van der Waals surface area contributed by atoms with E-state index in [4.69, 9.17) is 4.98 Å². The van der Waals surface area contributed by atoms with Crippen molar-refractivity contribution in [2.75, 3.05) is 13.1 Å². The lowest BCUT2D eigenvalue weighted by atomic mass is 9.98. The van der Waals surface area contributed by atoms with E-state index in [0.717, 1.165) is 25.2 Å². The van der Waals surface area contributed by atoms with Crippen LogP contribution in [0.4, 0.5) is 0 Å². The minimum absolute atomic E-state index is 0.156. The molecule has 1 N–H and O–H groups in total. The molecule has 18 heavy (non-hydrogen) atoms. The fourth-order valence-electron chi connectivity index (χ4n) is 1.61. The zero-order valence-corrected chi connectivity index (χ0v) is 13.2. The number of thiazole rings is 1. The summed E-state index contributed by atoms with van der Waals surface area (Å²) >= 11 is 1.76. The molecule has 1 rings (SSSR count). The van der Waals surface area contributed by atoms with Crippen molar-refractivity contribution >= 4 is 17.4 Å². The van der Waals surface area contributed by atoms with E-state index in [1.54, 1.807) is 11.3 Å². The average Bonchev–Trinajstić information content (AvgIpc) is 2.76. The first kappa shape index (κ1) is 15.4. The smallest absolute Gasteiger partial charge is 0.0985 e. The van der Waals surface area contributed by atoms with Gasteiger partial charge in [0.15, 0.2) is 0 Å². The van der Waals surface area contributed by atoms with Gasteiger partial charge in [0.1, 0.15) is 0 Å². The lowest BCUT2D eigenvalue weighted by molar-refractivity contribution is 0.585. The van der Waals surface area contributed by atoms with E-state index in [1.807, 2.05) is 0 Å². The van der Waals surface area contributed by atoms with Crippen LogP contribution < -0.4 is 5.32 Å². The molecule has 0 saturated heterocycles. The Morgan fingerprint density at radius 2 is 2.11 bits per heavy atom. The lowest BCUT2D eigenvalue weighted by Crippen LogP contribution is -2.17. The van der Waals surface area contributed by atoms with Crippen LogP contribution in [0.15, 0.2) is 11.0 Å². The van der Waals surface area contributed by atoms with Gasteiger partial charge < -0.3 is 5.32 Å². The third-order valence-corrected chi connectivity index (χ3v) is 4.03. The Labute approximate surface area is 116 Å². The number of aromatic nitrogens is 1. The highest BCUT2D eigenvalue weighted by Crippen LogP contribution is 2.26. The monoisotopic (exact) mass is 266 g/mol. The highest BCUT2D eigenvalue weighted by Gasteiger charge is 2.17.